The van der Waals surface area contributed by atoms with E-state index in [1.807, 2.05) is 30.3 Å². The first-order valence-corrected chi connectivity index (χ1v) is 14.1. The van der Waals surface area contributed by atoms with Gasteiger partial charge in [0.25, 0.3) is 0 Å². The van der Waals surface area contributed by atoms with E-state index in [2.05, 4.69) is 20.9 Å². The van der Waals surface area contributed by atoms with Gasteiger partial charge in [-0.05, 0) is 42.0 Å². The van der Waals surface area contributed by atoms with E-state index in [0.29, 0.717) is 24.1 Å². The van der Waals surface area contributed by atoms with Gasteiger partial charge in [0.1, 0.15) is 17.9 Å². The Morgan fingerprint density at radius 2 is 1.55 bits per heavy atom. The van der Waals surface area contributed by atoms with Crippen LogP contribution >= 0.6 is 0 Å². The number of carbonyl (C=O) groups is 3. The maximum absolute atomic E-state index is 13.8. The monoisotopic (exact) mass is 601 g/mol. The van der Waals surface area contributed by atoms with E-state index in [4.69, 9.17) is 32.8 Å². The molecule has 2 aromatic carbocycles. The van der Waals surface area contributed by atoms with Crippen LogP contribution in [0.1, 0.15) is 41.0 Å². The molecule has 0 saturated carbocycles. The second kappa shape index (κ2) is 17.0. The summed E-state index contributed by atoms with van der Waals surface area (Å²) in [4.78, 5) is 43.6. The molecule has 0 aliphatic rings. The van der Waals surface area contributed by atoms with Crippen LogP contribution in [0.2, 0.25) is 0 Å². The summed E-state index contributed by atoms with van der Waals surface area (Å²) in [5.41, 5.74) is 19.3. The van der Waals surface area contributed by atoms with Gasteiger partial charge in [0, 0.05) is 24.5 Å². The summed E-state index contributed by atoms with van der Waals surface area (Å²) in [5, 5.41) is 23.0. The molecular weight excluding hydrogens is 562 g/mol. The average molecular weight is 602 g/mol. The zero-order chi connectivity index (χ0) is 31.9. The number of aromatic nitrogens is 1. The molecule has 44 heavy (non-hydrogen) atoms. The van der Waals surface area contributed by atoms with Crippen molar-refractivity contribution in [1.82, 2.24) is 20.9 Å². The quantitative estimate of drug-likeness (QED) is 0.0619. The Balaban J connectivity index is 1.79. The van der Waals surface area contributed by atoms with E-state index in [1.165, 1.54) is 0 Å². The van der Waals surface area contributed by atoms with Gasteiger partial charge in [0.2, 0.25) is 17.7 Å². The van der Waals surface area contributed by atoms with Crippen molar-refractivity contribution in [3.05, 3.63) is 101 Å². The van der Waals surface area contributed by atoms with E-state index in [0.717, 1.165) is 11.1 Å². The molecule has 1 unspecified atom stereocenters. The van der Waals surface area contributed by atoms with Crippen molar-refractivity contribution < 1.29 is 19.1 Å². The third-order valence-corrected chi connectivity index (χ3v) is 6.78. The molecule has 0 fully saturated rings. The van der Waals surface area contributed by atoms with E-state index in [1.54, 1.807) is 48.8 Å². The molecular formula is C31H39N9O4. The summed E-state index contributed by atoms with van der Waals surface area (Å²) in [6, 6.07) is 17.7. The van der Waals surface area contributed by atoms with Gasteiger partial charge >= 0.3 is 0 Å². The second-order valence-corrected chi connectivity index (χ2v) is 10.2. The number of pyridine rings is 1. The number of guanidine groups is 1. The number of amides is 3. The Morgan fingerprint density at radius 1 is 0.841 bits per heavy atom. The van der Waals surface area contributed by atoms with Crippen LogP contribution in [0.15, 0.2) is 79.1 Å². The molecule has 232 valence electrons. The zero-order valence-corrected chi connectivity index (χ0v) is 24.3. The molecule has 0 aliphatic carbocycles. The van der Waals surface area contributed by atoms with Crippen molar-refractivity contribution in [2.24, 2.45) is 17.2 Å². The normalized spacial score (nSPS) is 12.7. The van der Waals surface area contributed by atoms with E-state index in [9.17, 15) is 14.4 Å². The van der Waals surface area contributed by atoms with Gasteiger partial charge in [-0.1, -0.05) is 60.7 Å². The molecule has 3 aromatic rings. The summed E-state index contributed by atoms with van der Waals surface area (Å²) >= 11 is 0. The Morgan fingerprint density at radius 3 is 2.16 bits per heavy atom. The number of nitrogen functional groups attached to an aromatic ring is 1. The number of primary amides is 1. The topological polar surface area (TPSA) is 235 Å². The van der Waals surface area contributed by atoms with Crippen LogP contribution in [0, 0.1) is 10.8 Å². The SMILES string of the molecule is N=C(N)NCCCC(NC(=O)[C@H](COCc1ccccc1)NC(=O)[C@@H](Cc1ccc(C(=N)N)cc1)c1cccnc1)C(N)=O. The minimum absolute atomic E-state index is 0.0631. The standard InChI is InChI=1S/C31H39N9O4/c32-27(33)22-12-10-20(11-13-22)16-24(23-8-4-14-37-17-23)29(42)40-26(19-44-18-21-6-2-1-3-7-21)30(43)39-25(28(34)41)9-5-15-38-31(35)36/h1-4,6-8,10-14,17,24-26H,5,9,15-16,18-19H2,(H3,32,33)(H2,34,41)(H,39,43)(H,40,42)(H4,35,36,38)/t24-,25?,26-/m0/s1. The number of carbonyl (C=O) groups excluding carboxylic acids is 3. The molecule has 0 spiro atoms. The molecule has 3 rings (SSSR count). The van der Waals surface area contributed by atoms with E-state index < -0.39 is 35.7 Å². The number of rotatable bonds is 17. The third-order valence-electron chi connectivity index (χ3n) is 6.78. The molecule has 3 amide bonds. The molecule has 3 atom stereocenters. The van der Waals surface area contributed by atoms with E-state index >= 15 is 0 Å². The van der Waals surface area contributed by atoms with E-state index in [-0.39, 0.29) is 37.9 Å². The Kier molecular flexibility index (Phi) is 12.8. The van der Waals surface area contributed by atoms with Crippen LogP contribution in [0.5, 0.6) is 0 Å². The van der Waals surface area contributed by atoms with Crippen LogP contribution < -0.4 is 33.2 Å². The van der Waals surface area contributed by atoms with Crippen molar-refractivity contribution in [3.63, 3.8) is 0 Å². The minimum atomic E-state index is -1.15. The highest BCUT2D eigenvalue weighted by molar-refractivity contribution is 5.95. The van der Waals surface area contributed by atoms with Crippen molar-refractivity contribution in [2.45, 2.75) is 43.9 Å². The fourth-order valence-electron chi connectivity index (χ4n) is 4.41. The Bertz CT molecular complexity index is 1400. The number of hydrogen-bond acceptors (Lipinski definition) is 7. The number of hydrogen-bond donors (Lipinski definition) is 8. The van der Waals surface area contributed by atoms with Gasteiger partial charge in [0.15, 0.2) is 5.96 Å². The summed E-state index contributed by atoms with van der Waals surface area (Å²) in [7, 11) is 0. The van der Waals surface area contributed by atoms with Gasteiger partial charge in [0.05, 0.1) is 19.1 Å². The van der Waals surface area contributed by atoms with Crippen LogP contribution in [0.25, 0.3) is 0 Å². The van der Waals surface area contributed by atoms with Gasteiger partial charge in [-0.15, -0.1) is 0 Å². The largest absolute Gasteiger partial charge is 0.384 e. The van der Waals surface area contributed by atoms with Gasteiger partial charge in [-0.2, -0.15) is 0 Å². The summed E-state index contributed by atoms with van der Waals surface area (Å²) < 4.78 is 5.83. The predicted molar refractivity (Wildman–Crippen MR) is 166 cm³/mol. The Labute approximate surface area is 256 Å². The number of benzene rings is 2. The summed E-state index contributed by atoms with van der Waals surface area (Å²) in [6.45, 7) is 0.345. The first kappa shape index (κ1) is 33.2. The minimum Gasteiger partial charge on any atom is -0.384 e. The smallest absolute Gasteiger partial charge is 0.245 e. The molecule has 0 saturated heterocycles. The van der Waals surface area contributed by atoms with Gasteiger partial charge < -0.3 is 37.9 Å². The van der Waals surface area contributed by atoms with Crippen LogP contribution in [-0.2, 0) is 32.1 Å². The van der Waals surface area contributed by atoms with Crippen LogP contribution in [0.4, 0.5) is 0 Å². The number of nitrogens with two attached hydrogens (primary N) is 3. The lowest BCUT2D eigenvalue weighted by atomic mass is 9.91. The second-order valence-electron chi connectivity index (χ2n) is 10.2. The molecule has 1 heterocycles. The average Bonchev–Trinajstić information content (AvgIpc) is 3.01. The van der Waals surface area contributed by atoms with Crippen molar-refractivity contribution in [2.75, 3.05) is 13.2 Å². The molecule has 13 heteroatoms. The number of nitrogens with one attached hydrogen (secondary N) is 5. The molecule has 0 aliphatic heterocycles. The molecule has 1 aromatic heterocycles. The van der Waals surface area contributed by atoms with Crippen molar-refractivity contribution >= 4 is 29.5 Å². The fraction of sp³-hybridized carbons (Fsp3) is 0.290. The predicted octanol–water partition coefficient (Wildman–Crippen LogP) is 0.627. The van der Waals surface area contributed by atoms with Crippen LogP contribution in [0.3, 0.4) is 0 Å². The molecule has 0 radical (unpaired) electrons. The highest BCUT2D eigenvalue weighted by atomic mass is 16.5. The molecule has 0 bridgehead atoms. The summed E-state index contributed by atoms with van der Waals surface area (Å²) in [6.07, 6.45) is 4.07. The van der Waals surface area contributed by atoms with Crippen molar-refractivity contribution in [1.29, 1.82) is 10.8 Å². The highest BCUT2D eigenvalue weighted by Crippen LogP contribution is 2.21. The van der Waals surface area contributed by atoms with Gasteiger partial charge in [-0.3, -0.25) is 30.2 Å². The number of amidine groups is 1. The maximum atomic E-state index is 13.8. The molecule has 13 nitrogen and oxygen atoms in total. The molecule has 11 N–H and O–H groups in total. The first-order chi connectivity index (χ1) is 21.1. The lowest BCUT2D eigenvalue weighted by Crippen LogP contribution is -2.55. The zero-order valence-electron chi connectivity index (χ0n) is 24.3. The lowest BCUT2D eigenvalue weighted by molar-refractivity contribution is -0.133. The van der Waals surface area contributed by atoms with Crippen molar-refractivity contribution in [3.8, 4) is 0 Å². The fourth-order valence-corrected chi connectivity index (χ4v) is 4.41. The maximum Gasteiger partial charge on any atom is 0.245 e. The highest BCUT2D eigenvalue weighted by Gasteiger charge is 2.29. The lowest BCUT2D eigenvalue weighted by Gasteiger charge is -2.25. The Hall–Kier alpha value is -5.30. The number of ether oxygens (including phenoxy) is 1. The first-order valence-electron chi connectivity index (χ1n) is 14.1. The van der Waals surface area contributed by atoms with Gasteiger partial charge in [-0.25, -0.2) is 0 Å². The number of nitrogens with zero attached hydrogens (tertiary/aromatic N) is 1. The summed E-state index contributed by atoms with van der Waals surface area (Å²) in [5.74, 6) is -2.81. The third kappa shape index (κ3) is 10.8. The van der Waals surface area contributed by atoms with Crippen LogP contribution in [-0.4, -0.2) is 59.7 Å².